The van der Waals surface area contributed by atoms with Gasteiger partial charge in [-0.25, -0.2) is 4.79 Å². The van der Waals surface area contributed by atoms with Crippen LogP contribution < -0.4 is 10.6 Å². The Kier molecular flexibility index (Phi) is 10.9. The molecule has 0 spiro atoms. The van der Waals surface area contributed by atoms with E-state index in [1.807, 2.05) is 72.8 Å². The first-order valence-corrected chi connectivity index (χ1v) is 16.6. The standard InChI is InChI=1S/C35H37N3O4S2/c1-3-4-18-30(39)36-26-16-11-17-27(21-26)43-32(25-14-9-6-10-15-25)33(40)37-34-31(35(41)42-2)28-19-20-38(23-29(28)44-34)22-24-12-7-5-8-13-24/h5-17,21,32H,3-4,18-20,22-23H2,1-2H3,(H,36,39)(H,37,40). The van der Waals surface area contributed by atoms with Crippen molar-refractivity contribution in [2.45, 2.75) is 55.8 Å². The Labute approximate surface area is 267 Å². The molecular formula is C35H37N3O4S2. The van der Waals surface area contributed by atoms with E-state index in [4.69, 9.17) is 4.74 Å². The summed E-state index contributed by atoms with van der Waals surface area (Å²) in [6.07, 6.45) is 2.96. The fourth-order valence-electron chi connectivity index (χ4n) is 5.26. The van der Waals surface area contributed by atoms with Gasteiger partial charge in [0, 0.05) is 41.5 Å². The van der Waals surface area contributed by atoms with Crippen LogP contribution in [0.5, 0.6) is 0 Å². The fourth-order valence-corrected chi connectivity index (χ4v) is 7.63. The minimum Gasteiger partial charge on any atom is -0.465 e. The molecule has 2 heterocycles. The van der Waals surface area contributed by atoms with Crippen LogP contribution in [-0.2, 0) is 33.8 Å². The van der Waals surface area contributed by atoms with Crippen molar-refractivity contribution in [2.75, 3.05) is 24.3 Å². The van der Waals surface area contributed by atoms with Crippen LogP contribution in [0, 0.1) is 0 Å². The van der Waals surface area contributed by atoms with Crippen molar-refractivity contribution in [1.82, 2.24) is 4.90 Å². The second kappa shape index (κ2) is 15.2. The fraction of sp³-hybridized carbons (Fsp3) is 0.286. The van der Waals surface area contributed by atoms with Crippen molar-refractivity contribution < 1.29 is 19.1 Å². The number of carbonyl (C=O) groups excluding carboxylic acids is 3. The molecular weight excluding hydrogens is 591 g/mol. The van der Waals surface area contributed by atoms with Gasteiger partial charge < -0.3 is 15.4 Å². The SMILES string of the molecule is CCCCC(=O)Nc1cccc(SC(C(=O)Nc2sc3c(c2C(=O)OC)CCN(Cc2ccccc2)C3)c2ccccc2)c1. The largest absolute Gasteiger partial charge is 0.465 e. The van der Waals surface area contributed by atoms with E-state index in [1.54, 1.807) is 0 Å². The summed E-state index contributed by atoms with van der Waals surface area (Å²) in [7, 11) is 1.37. The van der Waals surface area contributed by atoms with Gasteiger partial charge in [-0.3, -0.25) is 14.5 Å². The van der Waals surface area contributed by atoms with Gasteiger partial charge in [-0.05, 0) is 47.7 Å². The molecule has 228 valence electrons. The Bertz CT molecular complexity index is 1590. The molecule has 0 saturated heterocycles. The Morgan fingerprint density at radius 1 is 0.977 bits per heavy atom. The summed E-state index contributed by atoms with van der Waals surface area (Å²) >= 11 is 2.85. The predicted octanol–water partition coefficient (Wildman–Crippen LogP) is 7.69. The third kappa shape index (κ3) is 7.96. The van der Waals surface area contributed by atoms with Gasteiger partial charge in [-0.1, -0.05) is 80.1 Å². The van der Waals surface area contributed by atoms with E-state index in [1.165, 1.54) is 35.8 Å². The number of thioether (sulfide) groups is 1. The summed E-state index contributed by atoms with van der Waals surface area (Å²) in [5.74, 6) is -0.695. The van der Waals surface area contributed by atoms with Crippen molar-refractivity contribution in [2.24, 2.45) is 0 Å². The lowest BCUT2D eigenvalue weighted by molar-refractivity contribution is -0.116. The summed E-state index contributed by atoms with van der Waals surface area (Å²) in [4.78, 5) is 43.6. The molecule has 1 aliphatic heterocycles. The summed E-state index contributed by atoms with van der Waals surface area (Å²) in [5.41, 5.74) is 4.18. The highest BCUT2D eigenvalue weighted by Crippen LogP contribution is 2.41. The Hall–Kier alpha value is -3.92. The molecule has 4 aromatic rings. The molecule has 1 aromatic heterocycles. The maximum Gasteiger partial charge on any atom is 0.341 e. The number of nitrogens with zero attached hydrogens (tertiary/aromatic N) is 1. The number of ether oxygens (including phenoxy) is 1. The molecule has 0 radical (unpaired) electrons. The molecule has 0 bridgehead atoms. The number of thiophene rings is 1. The molecule has 2 N–H and O–H groups in total. The van der Waals surface area contributed by atoms with Crippen LogP contribution in [-0.4, -0.2) is 36.3 Å². The number of carbonyl (C=O) groups is 3. The molecule has 3 aromatic carbocycles. The Morgan fingerprint density at radius 3 is 2.45 bits per heavy atom. The lowest BCUT2D eigenvalue weighted by Gasteiger charge is -2.27. The van der Waals surface area contributed by atoms with Gasteiger partial charge in [0.1, 0.15) is 10.3 Å². The maximum absolute atomic E-state index is 14.0. The zero-order chi connectivity index (χ0) is 30.9. The molecule has 7 nitrogen and oxygen atoms in total. The number of unbranched alkanes of at least 4 members (excludes halogenated alkanes) is 1. The average Bonchev–Trinajstić information content (AvgIpc) is 3.40. The first-order valence-electron chi connectivity index (χ1n) is 14.9. The Morgan fingerprint density at radius 2 is 1.73 bits per heavy atom. The second-order valence-corrected chi connectivity index (χ2v) is 13.0. The zero-order valence-electron chi connectivity index (χ0n) is 25.0. The molecule has 1 atom stereocenters. The highest BCUT2D eigenvalue weighted by molar-refractivity contribution is 8.00. The lowest BCUT2D eigenvalue weighted by Crippen LogP contribution is -2.29. The first-order chi connectivity index (χ1) is 21.4. The number of anilines is 2. The van der Waals surface area contributed by atoms with E-state index in [0.717, 1.165) is 46.8 Å². The van der Waals surface area contributed by atoms with Gasteiger partial charge in [0.15, 0.2) is 0 Å². The van der Waals surface area contributed by atoms with Gasteiger partial charge in [0.25, 0.3) is 0 Å². The Balaban J connectivity index is 1.38. The van der Waals surface area contributed by atoms with Crippen molar-refractivity contribution in [1.29, 1.82) is 0 Å². The second-order valence-electron chi connectivity index (χ2n) is 10.7. The van der Waals surface area contributed by atoms with Crippen molar-refractivity contribution in [3.05, 3.63) is 112 Å². The van der Waals surface area contributed by atoms with Gasteiger partial charge in [0.05, 0.1) is 12.7 Å². The first kappa shape index (κ1) is 31.5. The van der Waals surface area contributed by atoms with Crippen LogP contribution in [0.2, 0.25) is 0 Å². The quantitative estimate of drug-likeness (QED) is 0.124. The molecule has 2 amide bonds. The lowest BCUT2D eigenvalue weighted by atomic mass is 10.0. The third-order valence-corrected chi connectivity index (χ3v) is 9.86. The third-order valence-electron chi connectivity index (χ3n) is 7.48. The highest BCUT2D eigenvalue weighted by Gasteiger charge is 2.31. The number of benzene rings is 3. The van der Waals surface area contributed by atoms with Gasteiger partial charge in [0.2, 0.25) is 11.8 Å². The number of esters is 1. The number of nitrogens with one attached hydrogen (secondary N) is 2. The number of fused-ring (bicyclic) bond motifs is 1. The molecule has 0 aliphatic carbocycles. The van der Waals surface area contributed by atoms with Crippen LogP contribution in [0.1, 0.15) is 63.4 Å². The summed E-state index contributed by atoms with van der Waals surface area (Å²) < 4.78 is 5.18. The van der Waals surface area contributed by atoms with E-state index >= 15 is 0 Å². The summed E-state index contributed by atoms with van der Waals surface area (Å²) in [6, 6.07) is 27.5. The number of methoxy groups -OCH3 is 1. The van der Waals surface area contributed by atoms with E-state index in [9.17, 15) is 14.4 Å². The topological polar surface area (TPSA) is 87.7 Å². The van der Waals surface area contributed by atoms with Gasteiger partial charge >= 0.3 is 5.97 Å². The molecule has 5 rings (SSSR count). The zero-order valence-corrected chi connectivity index (χ0v) is 26.6. The predicted molar refractivity (Wildman–Crippen MR) is 178 cm³/mol. The summed E-state index contributed by atoms with van der Waals surface area (Å²) in [5, 5.41) is 6.00. The van der Waals surface area contributed by atoms with Crippen molar-refractivity contribution in [3.63, 3.8) is 0 Å². The molecule has 9 heteroatoms. The minimum absolute atomic E-state index is 0.0225. The van der Waals surface area contributed by atoms with Crippen LogP contribution in [0.4, 0.5) is 10.7 Å². The van der Waals surface area contributed by atoms with Crippen LogP contribution in [0.25, 0.3) is 0 Å². The summed E-state index contributed by atoms with van der Waals surface area (Å²) in [6.45, 7) is 4.38. The van der Waals surface area contributed by atoms with Crippen molar-refractivity contribution >= 4 is 51.6 Å². The number of rotatable bonds is 12. The smallest absolute Gasteiger partial charge is 0.341 e. The van der Waals surface area contributed by atoms with Crippen LogP contribution in [0.15, 0.2) is 89.8 Å². The average molecular weight is 628 g/mol. The molecule has 1 aliphatic rings. The van der Waals surface area contributed by atoms with Crippen LogP contribution in [0.3, 0.4) is 0 Å². The van der Waals surface area contributed by atoms with E-state index < -0.39 is 11.2 Å². The number of hydrogen-bond donors (Lipinski definition) is 2. The monoisotopic (exact) mass is 627 g/mol. The van der Waals surface area contributed by atoms with E-state index in [2.05, 4.69) is 34.6 Å². The van der Waals surface area contributed by atoms with Crippen LogP contribution >= 0.6 is 23.1 Å². The molecule has 44 heavy (non-hydrogen) atoms. The molecule has 0 fully saturated rings. The normalized spacial score (nSPS) is 13.5. The molecule has 0 saturated carbocycles. The van der Waals surface area contributed by atoms with Crippen molar-refractivity contribution in [3.8, 4) is 0 Å². The molecule has 1 unspecified atom stereocenters. The van der Waals surface area contributed by atoms with E-state index in [0.29, 0.717) is 35.6 Å². The van der Waals surface area contributed by atoms with Gasteiger partial charge in [-0.15, -0.1) is 23.1 Å². The minimum atomic E-state index is -0.596. The van der Waals surface area contributed by atoms with E-state index in [-0.39, 0.29) is 11.8 Å². The number of amides is 2. The van der Waals surface area contributed by atoms with Gasteiger partial charge in [-0.2, -0.15) is 0 Å². The number of hydrogen-bond acceptors (Lipinski definition) is 7. The maximum atomic E-state index is 14.0. The highest BCUT2D eigenvalue weighted by atomic mass is 32.2.